The van der Waals surface area contributed by atoms with Crippen molar-refractivity contribution in [3.63, 3.8) is 0 Å². The Morgan fingerprint density at radius 1 is 1.09 bits per heavy atom. The first-order valence-corrected chi connectivity index (χ1v) is 11.6. The van der Waals surface area contributed by atoms with Gasteiger partial charge in [-0.1, -0.05) is 29.8 Å². The van der Waals surface area contributed by atoms with Gasteiger partial charge in [-0.05, 0) is 36.9 Å². The smallest absolute Gasteiger partial charge is 0.254 e. The van der Waals surface area contributed by atoms with Crippen molar-refractivity contribution in [2.24, 2.45) is 0 Å². The average Bonchev–Trinajstić information content (AvgIpc) is 2.84. The molecule has 1 saturated heterocycles. The third-order valence-electron chi connectivity index (χ3n) is 5.26. The second-order valence-corrected chi connectivity index (χ2v) is 8.30. The van der Waals surface area contributed by atoms with Gasteiger partial charge >= 0.3 is 0 Å². The molecule has 4 rings (SSSR count). The zero-order valence-electron chi connectivity index (χ0n) is 18.1. The van der Waals surface area contributed by atoms with Crippen LogP contribution in [0, 0.1) is 12.3 Å². The molecule has 164 valence electrons. The molecular weight excluding hydrogens is 422 g/mol. The minimum absolute atomic E-state index is 0.0469. The number of amides is 1. The van der Waals surface area contributed by atoms with Crippen LogP contribution in [0.4, 0.5) is 11.6 Å². The molecule has 0 bridgehead atoms. The summed E-state index contributed by atoms with van der Waals surface area (Å²) in [7, 11) is 0. The van der Waals surface area contributed by atoms with Crippen LogP contribution in [0.5, 0.6) is 0 Å². The molecule has 1 amide bonds. The number of carbonyl (C=O) groups excluding carboxylic acids is 1. The number of hydrogen-bond acceptors (Lipinski definition) is 7. The van der Waals surface area contributed by atoms with Crippen molar-refractivity contribution in [2.75, 3.05) is 37.9 Å². The highest BCUT2D eigenvalue weighted by atomic mass is 32.2. The fraction of sp³-hybridized carbons (Fsp3) is 0.250. The van der Waals surface area contributed by atoms with Crippen molar-refractivity contribution in [2.45, 2.75) is 6.92 Å². The third kappa shape index (κ3) is 4.98. The average molecular weight is 448 g/mol. The molecule has 1 aliphatic heterocycles. The van der Waals surface area contributed by atoms with Crippen molar-refractivity contribution < 1.29 is 9.53 Å². The van der Waals surface area contributed by atoms with E-state index < -0.39 is 0 Å². The summed E-state index contributed by atoms with van der Waals surface area (Å²) in [6.45, 7) is 4.30. The Morgan fingerprint density at radius 2 is 1.84 bits per heavy atom. The van der Waals surface area contributed by atoms with Crippen LogP contribution in [0.3, 0.4) is 0 Å². The maximum atomic E-state index is 12.9. The van der Waals surface area contributed by atoms with E-state index in [0.717, 1.165) is 11.1 Å². The van der Waals surface area contributed by atoms with Gasteiger partial charge < -0.3 is 15.0 Å². The lowest BCUT2D eigenvalue weighted by atomic mass is 10.1. The Hall–Kier alpha value is -3.23. The van der Waals surface area contributed by atoms with E-state index in [1.165, 1.54) is 17.3 Å². The van der Waals surface area contributed by atoms with Gasteiger partial charge in [0, 0.05) is 42.2 Å². The van der Waals surface area contributed by atoms with Crippen LogP contribution < -0.4 is 5.32 Å². The van der Waals surface area contributed by atoms with Gasteiger partial charge in [-0.3, -0.25) is 10.2 Å². The van der Waals surface area contributed by atoms with Gasteiger partial charge in [0.1, 0.15) is 0 Å². The number of ether oxygens (including phenoxy) is 1. The first-order chi connectivity index (χ1) is 15.5. The normalized spacial score (nSPS) is 13.6. The fourth-order valence-electron chi connectivity index (χ4n) is 3.52. The number of morpholine rings is 1. The van der Waals surface area contributed by atoms with E-state index in [1.54, 1.807) is 35.5 Å². The summed E-state index contributed by atoms with van der Waals surface area (Å²) >= 11 is 1.34. The summed E-state index contributed by atoms with van der Waals surface area (Å²) < 4.78 is 5.35. The molecule has 1 aliphatic rings. The predicted octanol–water partition coefficient (Wildman–Crippen LogP) is 4.36. The number of aromatic nitrogens is 2. The minimum atomic E-state index is -0.0469. The summed E-state index contributed by atoms with van der Waals surface area (Å²) in [4.78, 5) is 23.6. The number of anilines is 2. The Labute approximate surface area is 191 Å². The lowest BCUT2D eigenvalue weighted by Gasteiger charge is -2.27. The second kappa shape index (κ2) is 9.93. The highest BCUT2D eigenvalue weighted by Gasteiger charge is 2.20. The number of carbonyl (C=O) groups is 1. The minimum Gasteiger partial charge on any atom is -0.378 e. The van der Waals surface area contributed by atoms with Crippen LogP contribution in [0.2, 0.25) is 0 Å². The predicted molar refractivity (Wildman–Crippen MR) is 129 cm³/mol. The van der Waals surface area contributed by atoms with Gasteiger partial charge in [0.05, 0.1) is 23.9 Å². The van der Waals surface area contributed by atoms with Gasteiger partial charge in [-0.25, -0.2) is 9.97 Å². The number of hydrogen-bond donors (Lipinski definition) is 2. The van der Waals surface area contributed by atoms with Crippen molar-refractivity contribution in [1.82, 2.24) is 14.9 Å². The SMILES string of the molecule is CSC(=N)c1ccc(C(=O)N2CCOCC2)cc1Nc1ncc(-c2cccc(C)c2)cn1. The zero-order chi connectivity index (χ0) is 22.5. The van der Waals surface area contributed by atoms with Crippen LogP contribution >= 0.6 is 11.8 Å². The van der Waals surface area contributed by atoms with Crippen LogP contribution in [-0.4, -0.2) is 58.4 Å². The van der Waals surface area contributed by atoms with Gasteiger partial charge in [0.25, 0.3) is 5.91 Å². The maximum Gasteiger partial charge on any atom is 0.254 e. The monoisotopic (exact) mass is 447 g/mol. The molecule has 2 aromatic carbocycles. The van der Waals surface area contributed by atoms with Crippen molar-refractivity contribution in [3.05, 3.63) is 71.5 Å². The zero-order valence-corrected chi connectivity index (χ0v) is 18.9. The van der Waals surface area contributed by atoms with Gasteiger partial charge in [0.15, 0.2) is 0 Å². The Balaban J connectivity index is 1.60. The van der Waals surface area contributed by atoms with Crippen LogP contribution in [0.25, 0.3) is 11.1 Å². The molecule has 1 aromatic heterocycles. The number of nitrogens with zero attached hydrogens (tertiary/aromatic N) is 3. The molecule has 2 N–H and O–H groups in total. The first-order valence-electron chi connectivity index (χ1n) is 10.4. The van der Waals surface area contributed by atoms with E-state index in [1.807, 2.05) is 31.4 Å². The molecule has 3 aromatic rings. The van der Waals surface area contributed by atoms with Crippen LogP contribution in [0.15, 0.2) is 54.9 Å². The standard InChI is InChI=1S/C24H25N5O2S/c1-16-4-3-5-17(12-16)19-14-26-24(27-15-19)28-21-13-18(6-7-20(21)22(25)32-2)23(30)29-8-10-31-11-9-29/h3-7,12-15,25H,8-11H2,1-2H3,(H,26,27,28). The third-order valence-corrected chi connectivity index (χ3v) is 5.89. The molecule has 0 radical (unpaired) electrons. The summed E-state index contributed by atoms with van der Waals surface area (Å²) in [5.41, 5.74) is 5.04. The molecule has 0 aliphatic carbocycles. The molecule has 0 unspecified atom stereocenters. The number of nitrogens with one attached hydrogen (secondary N) is 2. The number of rotatable bonds is 5. The summed E-state index contributed by atoms with van der Waals surface area (Å²) in [6.07, 6.45) is 5.39. The maximum absolute atomic E-state index is 12.9. The molecule has 0 atom stereocenters. The number of aryl methyl sites for hydroxylation is 1. The van der Waals surface area contributed by atoms with E-state index in [-0.39, 0.29) is 5.91 Å². The highest BCUT2D eigenvalue weighted by Crippen LogP contribution is 2.26. The molecular formula is C24H25N5O2S. The Bertz CT molecular complexity index is 1130. The molecule has 0 spiro atoms. The summed E-state index contributed by atoms with van der Waals surface area (Å²) in [6, 6.07) is 13.5. The lowest BCUT2D eigenvalue weighted by molar-refractivity contribution is 0.0303. The van der Waals surface area contributed by atoms with Crippen molar-refractivity contribution in [3.8, 4) is 11.1 Å². The fourth-order valence-corrected chi connectivity index (χ4v) is 3.92. The molecule has 32 heavy (non-hydrogen) atoms. The van der Waals surface area contributed by atoms with E-state index in [0.29, 0.717) is 54.1 Å². The van der Waals surface area contributed by atoms with Crippen LogP contribution in [0.1, 0.15) is 21.5 Å². The van der Waals surface area contributed by atoms with Crippen molar-refractivity contribution >= 4 is 34.3 Å². The molecule has 7 nitrogen and oxygen atoms in total. The number of thioether (sulfide) groups is 1. The van der Waals surface area contributed by atoms with E-state index in [4.69, 9.17) is 10.1 Å². The Morgan fingerprint density at radius 3 is 2.53 bits per heavy atom. The van der Waals surface area contributed by atoms with E-state index in [2.05, 4.69) is 21.4 Å². The highest BCUT2D eigenvalue weighted by molar-refractivity contribution is 8.13. The van der Waals surface area contributed by atoms with Gasteiger partial charge in [-0.15, -0.1) is 11.8 Å². The summed E-state index contributed by atoms with van der Waals surface area (Å²) in [5, 5.41) is 11.9. The lowest BCUT2D eigenvalue weighted by Crippen LogP contribution is -2.40. The quantitative estimate of drug-likeness (QED) is 0.446. The van der Waals surface area contributed by atoms with Gasteiger partial charge in [0.2, 0.25) is 5.95 Å². The van der Waals surface area contributed by atoms with E-state index >= 15 is 0 Å². The molecule has 8 heteroatoms. The largest absolute Gasteiger partial charge is 0.378 e. The summed E-state index contributed by atoms with van der Waals surface area (Å²) in [5.74, 6) is 0.363. The first kappa shape index (κ1) is 22.0. The Kier molecular flexibility index (Phi) is 6.82. The van der Waals surface area contributed by atoms with E-state index in [9.17, 15) is 4.79 Å². The molecule has 1 fully saturated rings. The van der Waals surface area contributed by atoms with Crippen molar-refractivity contribution in [1.29, 1.82) is 5.41 Å². The topological polar surface area (TPSA) is 91.2 Å². The molecule has 0 saturated carbocycles. The second-order valence-electron chi connectivity index (χ2n) is 7.49. The number of benzene rings is 2. The van der Waals surface area contributed by atoms with Gasteiger partial charge in [-0.2, -0.15) is 0 Å². The van der Waals surface area contributed by atoms with Crippen LogP contribution in [-0.2, 0) is 4.74 Å². The molecule has 2 heterocycles.